The molecule has 0 amide bonds. The van der Waals surface area contributed by atoms with E-state index in [2.05, 4.69) is 27.9 Å². The van der Waals surface area contributed by atoms with Crippen LogP contribution in [0, 0.1) is 22.1 Å². The molecule has 2 rings (SSSR count). The Morgan fingerprint density at radius 3 is 2.33 bits per heavy atom. The maximum Gasteiger partial charge on any atom is 0.151 e. The second kappa shape index (κ2) is 5.09. The minimum atomic E-state index is -0.703. The monoisotopic (exact) mass is 360 g/mol. The smallest absolute Gasteiger partial charge is 0.151 e. The van der Waals surface area contributed by atoms with Gasteiger partial charge in [0.2, 0.25) is 0 Å². The lowest BCUT2D eigenvalue weighted by Crippen LogP contribution is -2.01. The Balaban J connectivity index is 2.43. The zero-order valence-electron chi connectivity index (χ0n) is 9.60. The van der Waals surface area contributed by atoms with Crippen molar-refractivity contribution in [2.45, 2.75) is 6.92 Å². The van der Waals surface area contributed by atoms with Crippen LogP contribution in [-0.2, 0) is 0 Å². The standard InChI is InChI=1S/C13H11F2IN2/c1-7-2-3-8(16)4-12(7)18-13-10(14)5-9(17)6-11(13)15/h2-6,18H,17H2,1H3. The van der Waals surface area contributed by atoms with Gasteiger partial charge in [-0.3, -0.25) is 0 Å². The van der Waals surface area contributed by atoms with Crippen molar-refractivity contribution in [1.29, 1.82) is 0 Å². The normalized spacial score (nSPS) is 10.4. The molecule has 2 nitrogen and oxygen atoms in total. The predicted molar refractivity (Wildman–Crippen MR) is 77.9 cm³/mol. The lowest BCUT2D eigenvalue weighted by molar-refractivity contribution is 0.592. The molecule has 94 valence electrons. The molecule has 3 N–H and O–H groups in total. The van der Waals surface area contributed by atoms with Gasteiger partial charge in [0, 0.05) is 14.9 Å². The van der Waals surface area contributed by atoms with Crippen LogP contribution < -0.4 is 11.1 Å². The van der Waals surface area contributed by atoms with Gasteiger partial charge < -0.3 is 11.1 Å². The largest absolute Gasteiger partial charge is 0.399 e. The molecule has 18 heavy (non-hydrogen) atoms. The van der Waals surface area contributed by atoms with Crippen LogP contribution in [0.1, 0.15) is 5.56 Å². The van der Waals surface area contributed by atoms with Gasteiger partial charge in [-0.2, -0.15) is 0 Å². The Bertz CT molecular complexity index is 577. The summed E-state index contributed by atoms with van der Waals surface area (Å²) < 4.78 is 28.3. The van der Waals surface area contributed by atoms with Crippen LogP contribution in [0.4, 0.5) is 25.8 Å². The summed E-state index contributed by atoms with van der Waals surface area (Å²) in [5.74, 6) is -1.41. The second-order valence-corrected chi connectivity index (χ2v) is 5.19. The molecule has 0 spiro atoms. The maximum atomic E-state index is 13.6. The Labute approximate surface area is 117 Å². The van der Waals surface area contributed by atoms with Crippen LogP contribution in [0.25, 0.3) is 0 Å². The van der Waals surface area contributed by atoms with Crippen molar-refractivity contribution in [3.05, 3.63) is 51.1 Å². The minimum Gasteiger partial charge on any atom is -0.399 e. The van der Waals surface area contributed by atoms with Crippen LogP contribution >= 0.6 is 22.6 Å². The first-order valence-corrected chi connectivity index (χ1v) is 6.33. The number of hydrogen-bond donors (Lipinski definition) is 2. The van der Waals surface area contributed by atoms with Gasteiger partial charge in [-0.05, 0) is 59.3 Å². The predicted octanol–water partition coefficient (Wildman–Crippen LogP) is 4.20. The summed E-state index contributed by atoms with van der Waals surface area (Å²) in [6.45, 7) is 1.87. The van der Waals surface area contributed by atoms with Gasteiger partial charge in [0.25, 0.3) is 0 Å². The third-order valence-corrected chi connectivity index (χ3v) is 3.19. The fourth-order valence-corrected chi connectivity index (χ4v) is 2.07. The van der Waals surface area contributed by atoms with E-state index in [0.29, 0.717) is 5.69 Å². The SMILES string of the molecule is Cc1ccc(I)cc1Nc1c(F)cc(N)cc1F. The quantitative estimate of drug-likeness (QED) is 0.622. The number of nitrogens with one attached hydrogen (secondary N) is 1. The molecule has 0 radical (unpaired) electrons. The molecule has 0 aromatic heterocycles. The number of nitrogen functional groups attached to an aromatic ring is 1. The van der Waals surface area contributed by atoms with Crippen LogP contribution in [0.15, 0.2) is 30.3 Å². The van der Waals surface area contributed by atoms with Gasteiger partial charge in [0.05, 0.1) is 0 Å². The zero-order valence-corrected chi connectivity index (χ0v) is 11.8. The molecule has 0 unspecified atom stereocenters. The Hall–Kier alpha value is -1.37. The van der Waals surface area contributed by atoms with Crippen LogP contribution in [0.2, 0.25) is 0 Å². The molecule has 0 heterocycles. The molecule has 0 saturated carbocycles. The average Bonchev–Trinajstić information content (AvgIpc) is 2.28. The highest BCUT2D eigenvalue weighted by Crippen LogP contribution is 2.28. The summed E-state index contributed by atoms with van der Waals surface area (Å²) in [6, 6.07) is 7.82. The minimum absolute atomic E-state index is 0.0647. The Morgan fingerprint density at radius 2 is 1.72 bits per heavy atom. The zero-order chi connectivity index (χ0) is 13.3. The highest BCUT2D eigenvalue weighted by molar-refractivity contribution is 14.1. The van der Waals surface area contributed by atoms with Crippen molar-refractivity contribution in [3.63, 3.8) is 0 Å². The summed E-state index contributed by atoms with van der Waals surface area (Å²) in [7, 11) is 0. The van der Waals surface area contributed by atoms with E-state index in [0.717, 1.165) is 21.3 Å². The van der Waals surface area contributed by atoms with Crippen molar-refractivity contribution in [2.24, 2.45) is 0 Å². The van der Waals surface area contributed by atoms with Crippen molar-refractivity contribution in [1.82, 2.24) is 0 Å². The van der Waals surface area contributed by atoms with E-state index in [1.165, 1.54) is 0 Å². The third-order valence-electron chi connectivity index (χ3n) is 2.52. The van der Waals surface area contributed by atoms with Crippen molar-refractivity contribution in [2.75, 3.05) is 11.1 Å². The van der Waals surface area contributed by atoms with Crippen molar-refractivity contribution < 1.29 is 8.78 Å². The summed E-state index contributed by atoms with van der Waals surface area (Å²) in [5.41, 5.74) is 6.82. The van der Waals surface area contributed by atoms with Gasteiger partial charge in [-0.25, -0.2) is 8.78 Å². The van der Waals surface area contributed by atoms with E-state index < -0.39 is 11.6 Å². The van der Waals surface area contributed by atoms with E-state index in [1.807, 2.05) is 25.1 Å². The average molecular weight is 360 g/mol. The fourth-order valence-electron chi connectivity index (χ4n) is 1.58. The highest BCUT2D eigenvalue weighted by Gasteiger charge is 2.11. The molecular formula is C13H11F2IN2. The summed E-state index contributed by atoms with van der Waals surface area (Å²) in [5, 5.41) is 2.77. The third kappa shape index (κ3) is 2.72. The number of hydrogen-bond acceptors (Lipinski definition) is 2. The lowest BCUT2D eigenvalue weighted by atomic mass is 10.2. The van der Waals surface area contributed by atoms with Crippen LogP contribution in [-0.4, -0.2) is 0 Å². The van der Waals surface area contributed by atoms with Crippen molar-refractivity contribution in [3.8, 4) is 0 Å². The first kappa shape index (κ1) is 13.1. The van der Waals surface area contributed by atoms with E-state index in [9.17, 15) is 8.78 Å². The lowest BCUT2D eigenvalue weighted by Gasteiger charge is -2.12. The van der Waals surface area contributed by atoms with Crippen molar-refractivity contribution >= 4 is 39.7 Å². The highest BCUT2D eigenvalue weighted by atomic mass is 127. The maximum absolute atomic E-state index is 13.6. The number of aryl methyl sites for hydroxylation is 1. The molecule has 0 atom stereocenters. The topological polar surface area (TPSA) is 38.0 Å². The van der Waals surface area contributed by atoms with Crippen LogP contribution in [0.5, 0.6) is 0 Å². The molecule has 2 aromatic carbocycles. The van der Waals surface area contributed by atoms with E-state index >= 15 is 0 Å². The second-order valence-electron chi connectivity index (χ2n) is 3.94. The van der Waals surface area contributed by atoms with Crippen LogP contribution in [0.3, 0.4) is 0 Å². The molecule has 0 aliphatic rings. The fraction of sp³-hybridized carbons (Fsp3) is 0.0769. The van der Waals surface area contributed by atoms with Gasteiger partial charge in [-0.1, -0.05) is 6.07 Å². The number of benzene rings is 2. The van der Waals surface area contributed by atoms with E-state index in [4.69, 9.17) is 5.73 Å². The van der Waals surface area contributed by atoms with Gasteiger partial charge in [0.15, 0.2) is 11.6 Å². The number of anilines is 3. The molecule has 0 bridgehead atoms. The number of nitrogens with two attached hydrogens (primary N) is 1. The summed E-state index contributed by atoms with van der Waals surface area (Å²) in [6.07, 6.45) is 0. The molecule has 0 aliphatic carbocycles. The Kier molecular flexibility index (Phi) is 3.70. The molecule has 0 aliphatic heterocycles. The molecule has 0 saturated heterocycles. The van der Waals surface area contributed by atoms with Gasteiger partial charge in [0.1, 0.15) is 5.69 Å². The van der Waals surface area contributed by atoms with E-state index in [-0.39, 0.29) is 11.4 Å². The molecule has 2 aromatic rings. The first-order chi connectivity index (χ1) is 8.47. The van der Waals surface area contributed by atoms with E-state index in [1.54, 1.807) is 0 Å². The summed E-state index contributed by atoms with van der Waals surface area (Å²) >= 11 is 2.14. The Morgan fingerprint density at radius 1 is 1.11 bits per heavy atom. The number of rotatable bonds is 2. The van der Waals surface area contributed by atoms with Gasteiger partial charge >= 0.3 is 0 Å². The first-order valence-electron chi connectivity index (χ1n) is 5.25. The molecular weight excluding hydrogens is 349 g/mol. The van der Waals surface area contributed by atoms with Gasteiger partial charge in [-0.15, -0.1) is 0 Å². The molecule has 5 heteroatoms. The molecule has 0 fully saturated rings. The summed E-state index contributed by atoms with van der Waals surface area (Å²) in [4.78, 5) is 0. The number of halogens is 3.